The van der Waals surface area contributed by atoms with Gasteiger partial charge in [-0.1, -0.05) is 85.4 Å². The summed E-state index contributed by atoms with van der Waals surface area (Å²) in [6.45, 7) is 3.83. The minimum absolute atomic E-state index is 0.0367. The predicted octanol–water partition coefficient (Wildman–Crippen LogP) is 3.35. The average Bonchev–Trinajstić information content (AvgIpc) is 2.56. The highest BCUT2D eigenvalue weighted by atomic mass is 16.3. The fourth-order valence-electron chi connectivity index (χ4n) is 2.27. The van der Waals surface area contributed by atoms with E-state index in [1.54, 1.807) is 0 Å². The topological polar surface area (TPSA) is 19.9 Å². The third-order valence-corrected chi connectivity index (χ3v) is 3.47. The van der Waals surface area contributed by atoms with E-state index in [2.05, 4.69) is 18.7 Å². The molecule has 0 aliphatic rings. The molecule has 0 heterocycles. The second-order valence-corrected chi connectivity index (χ2v) is 4.97. The van der Waals surface area contributed by atoms with Crippen molar-refractivity contribution >= 4 is 12.3 Å². The summed E-state index contributed by atoms with van der Waals surface area (Å²) in [4.78, 5) is 0. The molecule has 0 aromatic heterocycles. The highest BCUT2D eigenvalue weighted by Crippen LogP contribution is 2.20. The number of hydrogen-bond acceptors (Lipinski definition) is 0. The third kappa shape index (κ3) is 2.87. The molecule has 1 radical (unpaired) electrons. The Hall–Kier alpha value is -2.80. The number of benzene rings is 3. The van der Waals surface area contributed by atoms with Crippen LogP contribution in [0.5, 0.6) is 0 Å². The summed E-state index contributed by atoms with van der Waals surface area (Å²) < 4.78 is 0. The molecule has 0 fully saturated rings. The standard InChI is InChI=1S/C20H15O/c1-15-7-9-18(10-8-15)20(21)19-13-11-17(12-14-19)16-5-3-2-4-6-16/h2-14H,1H2. The van der Waals surface area contributed by atoms with Crippen molar-refractivity contribution < 1.29 is 5.11 Å². The first kappa shape index (κ1) is 13.2. The molecule has 0 atom stereocenters. The maximum absolute atomic E-state index is 12.4. The highest BCUT2D eigenvalue weighted by Gasteiger charge is 2.03. The Balaban J connectivity index is 2.00. The Morgan fingerprint density at radius 1 is 0.667 bits per heavy atom. The van der Waals surface area contributed by atoms with Crippen LogP contribution in [0.3, 0.4) is 0 Å². The summed E-state index contributed by atoms with van der Waals surface area (Å²) in [6, 6.07) is 25.2. The van der Waals surface area contributed by atoms with E-state index in [9.17, 15) is 5.11 Å². The van der Waals surface area contributed by atoms with E-state index in [1.807, 2.05) is 66.7 Å². The van der Waals surface area contributed by atoms with E-state index in [4.69, 9.17) is 0 Å². The van der Waals surface area contributed by atoms with Crippen LogP contribution in [0, 0.1) is 0 Å². The van der Waals surface area contributed by atoms with Crippen LogP contribution in [0.15, 0.2) is 78.9 Å². The lowest BCUT2D eigenvalue weighted by Crippen LogP contribution is -2.09. The first-order valence-electron chi connectivity index (χ1n) is 6.86. The second kappa shape index (κ2) is 5.68. The summed E-state index contributed by atoms with van der Waals surface area (Å²) >= 11 is 0. The van der Waals surface area contributed by atoms with Gasteiger partial charge in [-0.25, -0.2) is 0 Å². The van der Waals surface area contributed by atoms with Gasteiger partial charge in [-0.05, 0) is 16.3 Å². The van der Waals surface area contributed by atoms with E-state index in [1.165, 1.54) is 0 Å². The molecule has 0 unspecified atom stereocenters. The average molecular weight is 271 g/mol. The van der Waals surface area contributed by atoms with E-state index < -0.39 is 0 Å². The van der Waals surface area contributed by atoms with Crippen molar-refractivity contribution in [3.8, 4) is 11.1 Å². The first-order valence-corrected chi connectivity index (χ1v) is 6.86. The highest BCUT2D eigenvalue weighted by molar-refractivity contribution is 5.67. The molecule has 0 saturated heterocycles. The molecule has 0 aliphatic heterocycles. The van der Waals surface area contributed by atoms with E-state index >= 15 is 0 Å². The fraction of sp³-hybridized carbons (Fsp3) is 0. The fourth-order valence-corrected chi connectivity index (χ4v) is 2.27. The molecule has 1 nitrogen and oxygen atoms in total. The lowest BCUT2D eigenvalue weighted by Gasteiger charge is -2.03. The zero-order chi connectivity index (χ0) is 14.7. The van der Waals surface area contributed by atoms with Gasteiger partial charge in [0.25, 0.3) is 0 Å². The molecule has 0 spiro atoms. The lowest BCUT2D eigenvalue weighted by molar-refractivity contribution is 0.385. The minimum Gasteiger partial charge on any atom is -0.289 e. The van der Waals surface area contributed by atoms with Gasteiger partial charge in [-0.3, -0.25) is 5.11 Å². The first-order chi connectivity index (χ1) is 10.2. The van der Waals surface area contributed by atoms with Gasteiger partial charge in [-0.2, -0.15) is 0 Å². The van der Waals surface area contributed by atoms with Crippen LogP contribution in [0.2, 0.25) is 0 Å². The molecule has 101 valence electrons. The smallest absolute Gasteiger partial charge is 0.193 e. The molecule has 0 bridgehead atoms. The van der Waals surface area contributed by atoms with Gasteiger partial charge in [0.05, 0.1) is 0 Å². The van der Waals surface area contributed by atoms with E-state index in [0.29, 0.717) is 10.8 Å². The van der Waals surface area contributed by atoms with E-state index in [0.717, 1.165) is 16.3 Å². The van der Waals surface area contributed by atoms with Crippen molar-refractivity contribution in [3.05, 3.63) is 94.9 Å². The molecule has 21 heavy (non-hydrogen) atoms. The van der Waals surface area contributed by atoms with Crippen LogP contribution in [-0.4, -0.2) is 0 Å². The van der Waals surface area contributed by atoms with Crippen molar-refractivity contribution in [2.45, 2.75) is 0 Å². The SMILES string of the molecule is C=c1ccc(=C([O])c2ccc(-c3ccccc3)cc2)cc1. The monoisotopic (exact) mass is 271 g/mol. The largest absolute Gasteiger partial charge is 0.289 e. The molecule has 3 aromatic rings. The zero-order valence-electron chi connectivity index (χ0n) is 11.6. The molecule has 0 saturated carbocycles. The molecule has 0 N–H and O–H groups in total. The van der Waals surface area contributed by atoms with Crippen LogP contribution >= 0.6 is 0 Å². The van der Waals surface area contributed by atoms with Gasteiger partial charge in [0.15, 0.2) is 5.76 Å². The summed E-state index contributed by atoms with van der Waals surface area (Å²) in [5, 5.41) is 14.0. The maximum Gasteiger partial charge on any atom is 0.193 e. The van der Waals surface area contributed by atoms with Crippen LogP contribution in [-0.2, 0) is 5.11 Å². The van der Waals surface area contributed by atoms with Gasteiger partial charge < -0.3 is 0 Å². The summed E-state index contributed by atoms with van der Waals surface area (Å²) in [6.07, 6.45) is 0. The maximum atomic E-state index is 12.4. The van der Waals surface area contributed by atoms with Crippen molar-refractivity contribution in [1.29, 1.82) is 0 Å². The Morgan fingerprint density at radius 3 is 1.86 bits per heavy atom. The van der Waals surface area contributed by atoms with Crippen LogP contribution < -0.4 is 10.4 Å². The molecule has 1 heteroatoms. The predicted molar refractivity (Wildman–Crippen MR) is 86.3 cm³/mol. The third-order valence-electron chi connectivity index (χ3n) is 3.47. The van der Waals surface area contributed by atoms with Crippen molar-refractivity contribution in [3.63, 3.8) is 0 Å². The molecular weight excluding hydrogens is 256 g/mol. The Bertz CT molecular complexity index is 823. The van der Waals surface area contributed by atoms with Gasteiger partial charge in [0.2, 0.25) is 0 Å². The molecule has 0 aliphatic carbocycles. The summed E-state index contributed by atoms with van der Waals surface area (Å²) in [7, 11) is 0. The van der Waals surface area contributed by atoms with Gasteiger partial charge >= 0.3 is 0 Å². The van der Waals surface area contributed by atoms with E-state index in [-0.39, 0.29) is 5.76 Å². The minimum atomic E-state index is 0.0367. The molecular formula is C20H15O. The van der Waals surface area contributed by atoms with Crippen LogP contribution in [0.25, 0.3) is 23.5 Å². The molecule has 0 amide bonds. The Labute approximate surface area is 124 Å². The zero-order valence-corrected chi connectivity index (χ0v) is 11.6. The Kier molecular flexibility index (Phi) is 3.57. The number of rotatable bonds is 2. The quantitative estimate of drug-likeness (QED) is 0.681. The molecule has 3 rings (SSSR count). The normalized spacial score (nSPS) is 10.3. The van der Waals surface area contributed by atoms with Gasteiger partial charge in [0.1, 0.15) is 0 Å². The summed E-state index contributed by atoms with van der Waals surface area (Å²) in [5.74, 6) is 0.0367. The van der Waals surface area contributed by atoms with Crippen molar-refractivity contribution in [2.24, 2.45) is 0 Å². The second-order valence-electron chi connectivity index (χ2n) is 4.97. The van der Waals surface area contributed by atoms with Crippen LogP contribution in [0.4, 0.5) is 0 Å². The summed E-state index contributed by atoms with van der Waals surface area (Å²) in [5.41, 5.74) is 2.96. The number of hydrogen-bond donors (Lipinski definition) is 0. The van der Waals surface area contributed by atoms with Crippen LogP contribution in [0.1, 0.15) is 5.56 Å². The van der Waals surface area contributed by atoms with Crippen molar-refractivity contribution in [2.75, 3.05) is 0 Å². The van der Waals surface area contributed by atoms with Gasteiger partial charge in [-0.15, -0.1) is 0 Å². The lowest BCUT2D eigenvalue weighted by atomic mass is 10.0. The van der Waals surface area contributed by atoms with Gasteiger partial charge in [0, 0.05) is 10.8 Å². The molecule has 3 aromatic carbocycles. The van der Waals surface area contributed by atoms with Crippen molar-refractivity contribution in [1.82, 2.24) is 0 Å². The Morgan fingerprint density at radius 2 is 1.24 bits per heavy atom.